The third kappa shape index (κ3) is 3.07. The van der Waals surface area contributed by atoms with Crippen LogP contribution in [0.15, 0.2) is 46.8 Å². The quantitative estimate of drug-likeness (QED) is 0.777. The Hall–Kier alpha value is -1.85. The predicted octanol–water partition coefficient (Wildman–Crippen LogP) is 4.91. The lowest BCUT2D eigenvalue weighted by Gasteiger charge is -2.41. The maximum absolute atomic E-state index is 12.8. The van der Waals surface area contributed by atoms with Crippen molar-refractivity contribution < 1.29 is 4.79 Å². The van der Waals surface area contributed by atoms with Gasteiger partial charge in [-0.15, -0.1) is 11.3 Å². The normalized spacial score (nSPS) is 25.8. The van der Waals surface area contributed by atoms with E-state index in [9.17, 15) is 4.79 Å². The number of aliphatic imine (C=N–C) groups is 1. The van der Waals surface area contributed by atoms with Crippen LogP contribution in [0.25, 0.3) is 0 Å². The molecule has 6 heteroatoms. The number of nitrogens with zero attached hydrogens (tertiary/aromatic N) is 2. The van der Waals surface area contributed by atoms with E-state index < -0.39 is 0 Å². The molecule has 25 heavy (non-hydrogen) atoms. The van der Waals surface area contributed by atoms with E-state index in [0.717, 1.165) is 31.4 Å². The summed E-state index contributed by atoms with van der Waals surface area (Å²) in [5.41, 5.74) is 3.88. The number of benzene rings is 1. The molecule has 1 saturated carbocycles. The third-order valence-corrected chi connectivity index (χ3v) is 6.19. The Morgan fingerprint density at radius 2 is 2.00 bits per heavy atom. The fourth-order valence-electron chi connectivity index (χ4n) is 3.57. The minimum Gasteiger partial charge on any atom is -0.284 e. The summed E-state index contributed by atoms with van der Waals surface area (Å²) in [6, 6.07) is 11.4. The van der Waals surface area contributed by atoms with Crippen molar-refractivity contribution in [2.45, 2.75) is 38.3 Å². The Morgan fingerprint density at radius 1 is 1.28 bits per heavy atom. The van der Waals surface area contributed by atoms with E-state index in [1.54, 1.807) is 0 Å². The molecule has 0 bridgehead atoms. The maximum atomic E-state index is 12.8. The van der Waals surface area contributed by atoms with Crippen LogP contribution in [0.2, 0.25) is 5.02 Å². The van der Waals surface area contributed by atoms with Gasteiger partial charge in [-0.25, -0.2) is 4.99 Å². The molecule has 1 spiro atoms. The van der Waals surface area contributed by atoms with E-state index in [4.69, 9.17) is 16.6 Å². The third-order valence-electron chi connectivity index (χ3n) is 5.07. The van der Waals surface area contributed by atoms with Crippen LogP contribution in [0, 0.1) is 5.92 Å². The topological polar surface area (TPSA) is 44.7 Å². The Labute approximate surface area is 156 Å². The molecule has 130 valence electrons. The number of carbonyl (C=O) groups excluding carboxylic acids is 1. The molecule has 4 nitrogen and oxygen atoms in total. The van der Waals surface area contributed by atoms with Crippen LogP contribution in [-0.4, -0.2) is 17.3 Å². The highest BCUT2D eigenvalue weighted by Crippen LogP contribution is 2.41. The number of anilines is 1. The second-order valence-electron chi connectivity index (χ2n) is 6.86. The largest absolute Gasteiger partial charge is 0.284 e. The van der Waals surface area contributed by atoms with Crippen molar-refractivity contribution in [1.82, 2.24) is 5.43 Å². The van der Waals surface area contributed by atoms with Gasteiger partial charge in [0.1, 0.15) is 0 Å². The first-order chi connectivity index (χ1) is 12.1. The first kappa shape index (κ1) is 16.6. The standard InChI is InChI=1S/C19H20ClN3OS/c1-13-8-10-19(11-9-13)21-18(17(24)16-3-2-12-25-16)22-23(19)15-6-4-14(20)5-7-15/h2-7,12-13H,8-11H2,1H3,(H,21,22). The van der Waals surface area contributed by atoms with Crippen molar-refractivity contribution in [1.29, 1.82) is 0 Å². The maximum Gasteiger partial charge on any atom is 0.239 e. The number of hydrazine groups is 1. The molecular formula is C19H20ClN3OS. The lowest BCUT2D eigenvalue weighted by molar-refractivity contribution is 0.106. The molecule has 0 saturated heterocycles. The predicted molar refractivity (Wildman–Crippen MR) is 104 cm³/mol. The molecule has 1 aromatic heterocycles. The van der Waals surface area contributed by atoms with Gasteiger partial charge >= 0.3 is 0 Å². The summed E-state index contributed by atoms with van der Waals surface area (Å²) in [6.45, 7) is 2.28. The molecule has 2 aromatic rings. The molecular weight excluding hydrogens is 354 g/mol. The van der Waals surface area contributed by atoms with Crippen LogP contribution in [0.4, 0.5) is 5.69 Å². The fourth-order valence-corrected chi connectivity index (χ4v) is 4.36. The van der Waals surface area contributed by atoms with Crippen LogP contribution in [-0.2, 0) is 0 Å². The minimum absolute atomic E-state index is 0.0375. The Bertz CT molecular complexity index is 793. The molecule has 4 rings (SSSR count). The SMILES string of the molecule is CC1CCC2(CC1)N=C(C(=O)c1cccs1)NN2c1ccc(Cl)cc1. The summed E-state index contributed by atoms with van der Waals surface area (Å²) in [4.78, 5) is 18.4. The molecule has 1 fully saturated rings. The van der Waals surface area contributed by atoms with Crippen LogP contribution in [0.1, 0.15) is 42.3 Å². The molecule has 0 unspecified atom stereocenters. The summed E-state index contributed by atoms with van der Waals surface area (Å²) >= 11 is 7.49. The highest BCUT2D eigenvalue weighted by atomic mass is 35.5. The van der Waals surface area contributed by atoms with Crippen molar-refractivity contribution in [3.8, 4) is 0 Å². The number of thiophene rings is 1. The van der Waals surface area contributed by atoms with Gasteiger partial charge in [0.25, 0.3) is 0 Å². The second kappa shape index (κ2) is 6.46. The Morgan fingerprint density at radius 3 is 2.64 bits per heavy atom. The van der Waals surface area contributed by atoms with Gasteiger partial charge in [-0.05, 0) is 67.3 Å². The number of amidine groups is 1. The number of halogens is 1. The van der Waals surface area contributed by atoms with Crippen LogP contribution in [0.5, 0.6) is 0 Å². The zero-order valence-corrected chi connectivity index (χ0v) is 15.6. The highest BCUT2D eigenvalue weighted by molar-refractivity contribution is 7.13. The smallest absolute Gasteiger partial charge is 0.239 e. The minimum atomic E-state index is -0.386. The van der Waals surface area contributed by atoms with E-state index in [1.165, 1.54) is 11.3 Å². The molecule has 0 amide bonds. The van der Waals surface area contributed by atoms with Crippen molar-refractivity contribution in [2.24, 2.45) is 10.9 Å². The molecule has 1 aliphatic carbocycles. The van der Waals surface area contributed by atoms with Crippen LogP contribution >= 0.6 is 22.9 Å². The molecule has 2 aliphatic rings. The second-order valence-corrected chi connectivity index (χ2v) is 8.24. The van der Waals surface area contributed by atoms with Gasteiger partial charge in [0, 0.05) is 5.02 Å². The summed E-state index contributed by atoms with van der Waals surface area (Å²) < 4.78 is 0. The van der Waals surface area contributed by atoms with Crippen molar-refractivity contribution in [2.75, 3.05) is 5.01 Å². The zero-order valence-electron chi connectivity index (χ0n) is 14.0. The number of carbonyl (C=O) groups is 1. The van der Waals surface area contributed by atoms with Gasteiger partial charge in [0.15, 0.2) is 11.5 Å². The van der Waals surface area contributed by atoms with Gasteiger partial charge in [-0.2, -0.15) is 0 Å². The van der Waals surface area contributed by atoms with E-state index in [1.807, 2.05) is 41.8 Å². The van der Waals surface area contributed by atoms with E-state index in [0.29, 0.717) is 21.7 Å². The molecule has 0 atom stereocenters. The highest BCUT2D eigenvalue weighted by Gasteiger charge is 2.46. The van der Waals surface area contributed by atoms with E-state index >= 15 is 0 Å². The van der Waals surface area contributed by atoms with Crippen LogP contribution < -0.4 is 10.4 Å². The number of Topliss-reactive ketones (excluding diaryl/α,β-unsaturated/α-hetero) is 1. The zero-order chi connectivity index (χ0) is 17.4. The van der Waals surface area contributed by atoms with Crippen molar-refractivity contribution in [3.63, 3.8) is 0 Å². The fraction of sp³-hybridized carbons (Fsp3) is 0.368. The number of nitrogens with one attached hydrogen (secondary N) is 1. The monoisotopic (exact) mass is 373 g/mol. The Kier molecular flexibility index (Phi) is 4.29. The summed E-state index contributed by atoms with van der Waals surface area (Å²) in [5.74, 6) is 1.10. The molecule has 1 N–H and O–H groups in total. The first-order valence-electron chi connectivity index (χ1n) is 8.58. The number of ketones is 1. The van der Waals surface area contributed by atoms with E-state index in [-0.39, 0.29) is 11.4 Å². The Balaban J connectivity index is 1.69. The lowest BCUT2D eigenvalue weighted by atomic mass is 9.82. The number of hydrogen-bond acceptors (Lipinski definition) is 5. The first-order valence-corrected chi connectivity index (χ1v) is 9.84. The summed E-state index contributed by atoms with van der Waals surface area (Å²) in [5, 5.41) is 4.68. The number of rotatable bonds is 3. The average molecular weight is 374 g/mol. The van der Waals surface area contributed by atoms with E-state index in [2.05, 4.69) is 17.4 Å². The summed E-state index contributed by atoms with van der Waals surface area (Å²) in [7, 11) is 0. The van der Waals surface area contributed by atoms with Gasteiger partial charge in [-0.1, -0.05) is 24.6 Å². The molecule has 1 aromatic carbocycles. The van der Waals surface area contributed by atoms with Crippen molar-refractivity contribution in [3.05, 3.63) is 51.7 Å². The molecule has 0 radical (unpaired) electrons. The van der Waals surface area contributed by atoms with Crippen molar-refractivity contribution >= 4 is 40.2 Å². The number of hydrogen-bond donors (Lipinski definition) is 1. The van der Waals surface area contributed by atoms with Gasteiger partial charge < -0.3 is 0 Å². The lowest BCUT2D eigenvalue weighted by Crippen LogP contribution is -2.52. The molecule has 1 aliphatic heterocycles. The summed E-state index contributed by atoms with van der Waals surface area (Å²) in [6.07, 6.45) is 4.08. The molecule has 2 heterocycles. The van der Waals surface area contributed by atoms with Crippen LogP contribution in [0.3, 0.4) is 0 Å². The van der Waals surface area contributed by atoms with Gasteiger partial charge in [0.2, 0.25) is 5.78 Å². The average Bonchev–Trinajstić information content (AvgIpc) is 3.27. The van der Waals surface area contributed by atoms with Gasteiger partial charge in [0.05, 0.1) is 10.6 Å². The van der Waals surface area contributed by atoms with Gasteiger partial charge in [-0.3, -0.25) is 15.2 Å².